The van der Waals surface area contributed by atoms with Gasteiger partial charge >= 0.3 is 0 Å². The molecule has 100 valence electrons. The summed E-state index contributed by atoms with van der Waals surface area (Å²) < 4.78 is 26.6. The van der Waals surface area contributed by atoms with E-state index in [0.717, 1.165) is 6.42 Å². The van der Waals surface area contributed by atoms with E-state index in [2.05, 4.69) is 17.2 Å². The summed E-state index contributed by atoms with van der Waals surface area (Å²) in [5, 5.41) is 3.07. The van der Waals surface area contributed by atoms with E-state index in [0.29, 0.717) is 31.2 Å². The van der Waals surface area contributed by atoms with E-state index in [1.54, 1.807) is 16.6 Å². The van der Waals surface area contributed by atoms with Crippen LogP contribution in [-0.4, -0.2) is 37.3 Å². The fourth-order valence-electron chi connectivity index (χ4n) is 2.17. The van der Waals surface area contributed by atoms with Gasteiger partial charge in [-0.3, -0.25) is 4.98 Å². The highest BCUT2D eigenvalue weighted by Gasteiger charge is 2.32. The fraction of sp³-hybridized carbons (Fsp3) is 0.583. The standard InChI is InChI=1S/C12H19N3O2S/c1-3-14-11-4-6-13-8-12(11)18(16,17)15-7-5-10(2)9-15/h4,6,8,10H,3,5,7,9H2,1-2H3,(H,13,14). The number of sulfonamides is 1. The van der Waals surface area contributed by atoms with Gasteiger partial charge in [0.1, 0.15) is 4.90 Å². The van der Waals surface area contributed by atoms with Crippen molar-refractivity contribution < 1.29 is 8.42 Å². The monoisotopic (exact) mass is 269 g/mol. The topological polar surface area (TPSA) is 62.3 Å². The largest absolute Gasteiger partial charge is 0.384 e. The first-order valence-electron chi connectivity index (χ1n) is 6.23. The summed E-state index contributed by atoms with van der Waals surface area (Å²) in [6.07, 6.45) is 3.95. The quantitative estimate of drug-likeness (QED) is 0.900. The fourth-order valence-corrected chi connectivity index (χ4v) is 3.86. The van der Waals surface area contributed by atoms with Crippen LogP contribution in [0.3, 0.4) is 0 Å². The molecular weight excluding hydrogens is 250 g/mol. The Morgan fingerprint density at radius 1 is 1.56 bits per heavy atom. The molecule has 1 atom stereocenters. The van der Waals surface area contributed by atoms with Gasteiger partial charge in [-0.25, -0.2) is 8.42 Å². The molecule has 0 aliphatic carbocycles. The molecule has 5 nitrogen and oxygen atoms in total. The molecule has 18 heavy (non-hydrogen) atoms. The van der Waals surface area contributed by atoms with Crippen molar-refractivity contribution in [2.75, 3.05) is 25.0 Å². The molecule has 0 saturated carbocycles. The molecule has 0 bridgehead atoms. The Kier molecular flexibility index (Phi) is 3.87. The first kappa shape index (κ1) is 13.3. The highest BCUT2D eigenvalue weighted by atomic mass is 32.2. The van der Waals surface area contributed by atoms with Crippen LogP contribution in [-0.2, 0) is 10.0 Å². The third-order valence-corrected chi connectivity index (χ3v) is 5.05. The molecule has 0 radical (unpaired) electrons. The molecule has 2 rings (SSSR count). The number of hydrogen-bond donors (Lipinski definition) is 1. The van der Waals surface area contributed by atoms with Crippen LogP contribution in [0, 0.1) is 5.92 Å². The highest BCUT2D eigenvalue weighted by molar-refractivity contribution is 7.89. The zero-order valence-electron chi connectivity index (χ0n) is 10.8. The maximum absolute atomic E-state index is 12.5. The zero-order valence-corrected chi connectivity index (χ0v) is 11.6. The van der Waals surface area contributed by atoms with Crippen molar-refractivity contribution in [2.45, 2.75) is 25.2 Å². The number of aromatic nitrogens is 1. The third kappa shape index (κ3) is 2.49. The second kappa shape index (κ2) is 5.24. The molecule has 2 heterocycles. The van der Waals surface area contributed by atoms with Crippen molar-refractivity contribution in [2.24, 2.45) is 5.92 Å². The van der Waals surface area contributed by atoms with Crippen LogP contribution in [0.25, 0.3) is 0 Å². The van der Waals surface area contributed by atoms with Gasteiger partial charge in [0, 0.05) is 32.0 Å². The third-order valence-electron chi connectivity index (χ3n) is 3.16. The lowest BCUT2D eigenvalue weighted by Gasteiger charge is -2.18. The number of nitrogens with one attached hydrogen (secondary N) is 1. The maximum Gasteiger partial charge on any atom is 0.246 e. The van der Waals surface area contributed by atoms with Crippen molar-refractivity contribution >= 4 is 15.7 Å². The van der Waals surface area contributed by atoms with Crippen LogP contribution >= 0.6 is 0 Å². The zero-order chi connectivity index (χ0) is 13.2. The minimum atomic E-state index is -3.42. The number of nitrogens with zero attached hydrogens (tertiary/aromatic N) is 2. The Hall–Kier alpha value is -1.14. The smallest absolute Gasteiger partial charge is 0.246 e. The van der Waals surface area contributed by atoms with Crippen LogP contribution in [0.4, 0.5) is 5.69 Å². The Balaban J connectivity index is 2.35. The predicted molar refractivity (Wildman–Crippen MR) is 70.9 cm³/mol. The van der Waals surface area contributed by atoms with Crippen molar-refractivity contribution in [1.82, 2.24) is 9.29 Å². The first-order chi connectivity index (χ1) is 8.55. The van der Waals surface area contributed by atoms with Crippen molar-refractivity contribution in [1.29, 1.82) is 0 Å². The van der Waals surface area contributed by atoms with Crippen molar-refractivity contribution in [3.8, 4) is 0 Å². The summed E-state index contributed by atoms with van der Waals surface area (Å²) >= 11 is 0. The molecule has 1 aliphatic heterocycles. The molecular formula is C12H19N3O2S. The lowest BCUT2D eigenvalue weighted by Crippen LogP contribution is -2.29. The summed E-state index contributed by atoms with van der Waals surface area (Å²) in [7, 11) is -3.42. The molecule has 1 N–H and O–H groups in total. The molecule has 1 aromatic heterocycles. The van der Waals surface area contributed by atoms with Gasteiger partial charge < -0.3 is 5.32 Å². The molecule has 1 aromatic rings. The number of anilines is 1. The van der Waals surface area contributed by atoms with Crippen LogP contribution in [0.1, 0.15) is 20.3 Å². The van der Waals surface area contributed by atoms with E-state index < -0.39 is 10.0 Å². The summed E-state index contributed by atoms with van der Waals surface area (Å²) in [6.45, 7) is 5.90. The molecule has 1 saturated heterocycles. The van der Waals surface area contributed by atoms with Gasteiger partial charge in [0.05, 0.1) is 5.69 Å². The number of hydrogen-bond acceptors (Lipinski definition) is 4. The summed E-state index contributed by atoms with van der Waals surface area (Å²) in [5.41, 5.74) is 0.632. The lowest BCUT2D eigenvalue weighted by atomic mass is 10.2. The van der Waals surface area contributed by atoms with E-state index in [1.807, 2.05) is 6.92 Å². The average Bonchev–Trinajstić information content (AvgIpc) is 2.78. The summed E-state index contributed by atoms with van der Waals surface area (Å²) in [5.74, 6) is 0.430. The Bertz CT molecular complexity index is 516. The lowest BCUT2D eigenvalue weighted by molar-refractivity contribution is 0.464. The molecule has 1 fully saturated rings. The van der Waals surface area contributed by atoms with Crippen molar-refractivity contribution in [3.05, 3.63) is 18.5 Å². The Labute approximate surface area is 108 Å². The Morgan fingerprint density at radius 3 is 2.94 bits per heavy atom. The molecule has 1 unspecified atom stereocenters. The van der Waals surface area contributed by atoms with Gasteiger partial charge in [-0.15, -0.1) is 0 Å². The van der Waals surface area contributed by atoms with Crippen LogP contribution in [0.2, 0.25) is 0 Å². The second-order valence-corrected chi connectivity index (χ2v) is 6.57. The molecule has 0 aromatic carbocycles. The van der Waals surface area contributed by atoms with Gasteiger partial charge in [-0.2, -0.15) is 4.31 Å². The Morgan fingerprint density at radius 2 is 2.33 bits per heavy atom. The predicted octanol–water partition coefficient (Wildman–Crippen LogP) is 1.54. The molecule has 1 aliphatic rings. The average molecular weight is 269 g/mol. The molecule has 0 amide bonds. The van der Waals surface area contributed by atoms with Crippen molar-refractivity contribution in [3.63, 3.8) is 0 Å². The minimum absolute atomic E-state index is 0.279. The van der Waals surface area contributed by atoms with Gasteiger partial charge in [-0.05, 0) is 25.3 Å². The summed E-state index contributed by atoms with van der Waals surface area (Å²) in [4.78, 5) is 4.22. The number of pyridine rings is 1. The van der Waals surface area contributed by atoms with Crippen LogP contribution < -0.4 is 5.32 Å². The second-order valence-electron chi connectivity index (χ2n) is 4.66. The van der Waals surface area contributed by atoms with Crippen LogP contribution in [0.15, 0.2) is 23.4 Å². The van der Waals surface area contributed by atoms with E-state index in [-0.39, 0.29) is 4.90 Å². The van der Waals surface area contributed by atoms with E-state index in [9.17, 15) is 8.42 Å². The van der Waals surface area contributed by atoms with E-state index >= 15 is 0 Å². The first-order valence-corrected chi connectivity index (χ1v) is 7.67. The van der Waals surface area contributed by atoms with Gasteiger partial charge in [-0.1, -0.05) is 6.92 Å². The normalized spacial score (nSPS) is 21.1. The van der Waals surface area contributed by atoms with E-state index in [1.165, 1.54) is 6.20 Å². The van der Waals surface area contributed by atoms with Gasteiger partial charge in [0.2, 0.25) is 10.0 Å². The van der Waals surface area contributed by atoms with Crippen LogP contribution in [0.5, 0.6) is 0 Å². The SMILES string of the molecule is CCNc1ccncc1S(=O)(=O)N1CCC(C)C1. The maximum atomic E-state index is 12.5. The van der Waals surface area contributed by atoms with Gasteiger partial charge in [0.25, 0.3) is 0 Å². The van der Waals surface area contributed by atoms with E-state index in [4.69, 9.17) is 0 Å². The molecule has 6 heteroatoms. The highest BCUT2D eigenvalue weighted by Crippen LogP contribution is 2.27. The summed E-state index contributed by atoms with van der Waals surface area (Å²) in [6, 6.07) is 1.70. The van der Waals surface area contributed by atoms with Gasteiger partial charge in [0.15, 0.2) is 0 Å². The minimum Gasteiger partial charge on any atom is -0.384 e. The molecule has 0 spiro atoms. The number of rotatable bonds is 4.